The van der Waals surface area contributed by atoms with Gasteiger partial charge in [-0.25, -0.2) is 15.0 Å². The van der Waals surface area contributed by atoms with Crippen LogP contribution < -0.4 is 0 Å². The van der Waals surface area contributed by atoms with Crippen molar-refractivity contribution >= 4 is 38.6 Å². The molecule has 0 bridgehead atoms. The Labute approximate surface area is 134 Å². The Kier molecular flexibility index (Phi) is 3.62. The molecule has 0 radical (unpaired) electrons. The Hall–Kier alpha value is -1.97. The zero-order chi connectivity index (χ0) is 15.0. The van der Waals surface area contributed by atoms with Gasteiger partial charge in [-0.15, -0.1) is 0 Å². The van der Waals surface area contributed by atoms with Crippen LogP contribution in [-0.4, -0.2) is 19.5 Å². The average Bonchev–Trinajstić information content (AvgIpc) is 2.81. The number of nitriles is 1. The summed E-state index contributed by atoms with van der Waals surface area (Å²) in [5.74, 6) is -0.00792. The number of aromatic nitrogens is 4. The van der Waals surface area contributed by atoms with Crippen molar-refractivity contribution in [3.8, 4) is 6.07 Å². The molecule has 0 aliphatic heterocycles. The fraction of sp³-hybridized carbons (Fsp3) is 0.143. The van der Waals surface area contributed by atoms with Crippen molar-refractivity contribution in [2.24, 2.45) is 7.05 Å². The second-order valence-corrected chi connectivity index (χ2v) is 5.64. The van der Waals surface area contributed by atoms with Crippen LogP contribution in [0.2, 0.25) is 5.28 Å². The van der Waals surface area contributed by atoms with Crippen LogP contribution in [0.3, 0.4) is 0 Å². The molecule has 0 N–H and O–H groups in total. The maximum absolute atomic E-state index is 9.57. The number of hydrogen-bond acceptors (Lipinski definition) is 4. The Morgan fingerprint density at radius 1 is 1.33 bits per heavy atom. The van der Waals surface area contributed by atoms with E-state index in [1.807, 2.05) is 35.9 Å². The molecule has 21 heavy (non-hydrogen) atoms. The fourth-order valence-electron chi connectivity index (χ4n) is 2.22. The molecule has 2 aromatic heterocycles. The van der Waals surface area contributed by atoms with Gasteiger partial charge in [0.15, 0.2) is 0 Å². The quantitative estimate of drug-likeness (QED) is 0.655. The number of fused-ring (bicyclic) bond motifs is 1. The molecule has 0 saturated carbocycles. The third kappa shape index (κ3) is 2.39. The van der Waals surface area contributed by atoms with Crippen molar-refractivity contribution in [2.45, 2.75) is 5.92 Å². The molecule has 0 aliphatic carbocycles. The van der Waals surface area contributed by atoms with E-state index in [-0.39, 0.29) is 5.28 Å². The summed E-state index contributed by atoms with van der Waals surface area (Å²) in [4.78, 5) is 12.6. The summed E-state index contributed by atoms with van der Waals surface area (Å²) in [6, 6.07) is 9.97. The Balaban J connectivity index is 2.21. The Morgan fingerprint density at radius 3 is 2.81 bits per heavy atom. The van der Waals surface area contributed by atoms with Gasteiger partial charge in [0, 0.05) is 13.2 Å². The standard InChI is InChI=1S/C14H9BrClN5/c1-21-11-5-3-2-4-10(11)19-13(21)8(6-17)12-9(15)7-18-14(16)20-12/h2-5,7-8H,1H3/t8-/m0/s1. The van der Waals surface area contributed by atoms with E-state index < -0.39 is 5.92 Å². The first-order valence-corrected chi connectivity index (χ1v) is 7.28. The van der Waals surface area contributed by atoms with Crippen molar-refractivity contribution in [3.63, 3.8) is 0 Å². The van der Waals surface area contributed by atoms with Crippen LogP contribution in [-0.2, 0) is 7.05 Å². The Morgan fingerprint density at radius 2 is 2.10 bits per heavy atom. The van der Waals surface area contributed by atoms with E-state index in [0.717, 1.165) is 11.0 Å². The minimum atomic E-state index is -0.628. The normalized spacial score (nSPS) is 12.3. The molecule has 3 aromatic rings. The number of para-hydroxylation sites is 2. The summed E-state index contributed by atoms with van der Waals surface area (Å²) < 4.78 is 2.52. The molecule has 0 unspecified atom stereocenters. The SMILES string of the molecule is Cn1c([C@@H](C#N)c2nc(Cl)ncc2Br)nc2ccccc21. The molecule has 2 heterocycles. The van der Waals surface area contributed by atoms with Gasteiger partial charge in [0.05, 0.1) is 27.3 Å². The molecule has 0 amide bonds. The highest BCUT2D eigenvalue weighted by Gasteiger charge is 2.24. The number of nitrogens with zero attached hydrogens (tertiary/aromatic N) is 5. The molecule has 7 heteroatoms. The van der Waals surface area contributed by atoms with Gasteiger partial charge >= 0.3 is 0 Å². The molecular weight excluding hydrogens is 354 g/mol. The number of hydrogen-bond donors (Lipinski definition) is 0. The summed E-state index contributed by atoms with van der Waals surface area (Å²) in [7, 11) is 1.88. The van der Waals surface area contributed by atoms with Gasteiger partial charge in [0.25, 0.3) is 0 Å². The highest BCUT2D eigenvalue weighted by molar-refractivity contribution is 9.10. The largest absolute Gasteiger partial charge is 0.330 e. The van der Waals surface area contributed by atoms with Crippen LogP contribution in [0.1, 0.15) is 17.4 Å². The monoisotopic (exact) mass is 361 g/mol. The lowest BCUT2D eigenvalue weighted by atomic mass is 10.1. The molecule has 104 valence electrons. The van der Waals surface area contributed by atoms with Crippen molar-refractivity contribution < 1.29 is 0 Å². The highest BCUT2D eigenvalue weighted by Crippen LogP contribution is 2.30. The smallest absolute Gasteiger partial charge is 0.222 e. The van der Waals surface area contributed by atoms with E-state index in [4.69, 9.17) is 11.6 Å². The van der Waals surface area contributed by atoms with E-state index >= 15 is 0 Å². The Bertz CT molecular complexity index is 867. The van der Waals surface area contributed by atoms with E-state index in [1.165, 1.54) is 6.20 Å². The number of rotatable bonds is 2. The van der Waals surface area contributed by atoms with E-state index in [2.05, 4.69) is 37.0 Å². The maximum Gasteiger partial charge on any atom is 0.222 e. The number of aryl methyl sites for hydroxylation is 1. The second-order valence-electron chi connectivity index (χ2n) is 4.45. The summed E-state index contributed by atoms with van der Waals surface area (Å²) in [5.41, 5.74) is 2.31. The lowest BCUT2D eigenvalue weighted by molar-refractivity contribution is 0.778. The van der Waals surface area contributed by atoms with Crippen molar-refractivity contribution in [1.82, 2.24) is 19.5 Å². The van der Waals surface area contributed by atoms with Crippen LogP contribution in [0.25, 0.3) is 11.0 Å². The van der Waals surface area contributed by atoms with E-state index in [9.17, 15) is 5.26 Å². The van der Waals surface area contributed by atoms with Crippen LogP contribution in [0.15, 0.2) is 34.9 Å². The molecule has 3 rings (SSSR count). The first-order valence-electron chi connectivity index (χ1n) is 6.10. The van der Waals surface area contributed by atoms with E-state index in [0.29, 0.717) is 16.0 Å². The van der Waals surface area contributed by atoms with Gasteiger partial charge in [0.1, 0.15) is 11.7 Å². The molecule has 0 fully saturated rings. The zero-order valence-corrected chi connectivity index (χ0v) is 13.3. The highest BCUT2D eigenvalue weighted by atomic mass is 79.9. The number of imidazole rings is 1. The predicted octanol–water partition coefficient (Wildman–Crippen LogP) is 3.43. The first-order chi connectivity index (χ1) is 10.1. The van der Waals surface area contributed by atoms with Gasteiger partial charge in [0.2, 0.25) is 5.28 Å². The molecule has 5 nitrogen and oxygen atoms in total. The summed E-state index contributed by atoms with van der Waals surface area (Å²) in [6.07, 6.45) is 1.54. The zero-order valence-electron chi connectivity index (χ0n) is 11.0. The van der Waals surface area contributed by atoms with Crippen LogP contribution in [0.4, 0.5) is 0 Å². The van der Waals surface area contributed by atoms with Gasteiger partial charge < -0.3 is 4.57 Å². The molecule has 0 saturated heterocycles. The average molecular weight is 363 g/mol. The molecule has 0 spiro atoms. The van der Waals surface area contributed by atoms with Crippen molar-refractivity contribution in [3.05, 3.63) is 51.7 Å². The van der Waals surface area contributed by atoms with Gasteiger partial charge in [-0.05, 0) is 39.7 Å². The summed E-state index contributed by atoms with van der Waals surface area (Å²) in [5, 5.41) is 9.67. The van der Waals surface area contributed by atoms with Crippen molar-refractivity contribution in [2.75, 3.05) is 0 Å². The maximum atomic E-state index is 9.57. The predicted molar refractivity (Wildman–Crippen MR) is 82.9 cm³/mol. The van der Waals surface area contributed by atoms with Crippen LogP contribution >= 0.6 is 27.5 Å². The summed E-state index contributed by atoms with van der Waals surface area (Å²) >= 11 is 9.21. The number of benzene rings is 1. The molecule has 0 aliphatic rings. The third-order valence-electron chi connectivity index (χ3n) is 3.22. The van der Waals surface area contributed by atoms with Crippen LogP contribution in [0, 0.1) is 11.3 Å². The molecule has 1 aromatic carbocycles. The molecule has 1 atom stereocenters. The van der Waals surface area contributed by atoms with Crippen molar-refractivity contribution in [1.29, 1.82) is 5.26 Å². The minimum absolute atomic E-state index is 0.104. The summed E-state index contributed by atoms with van der Waals surface area (Å²) in [6.45, 7) is 0. The fourth-order valence-corrected chi connectivity index (χ4v) is 2.78. The number of halogens is 2. The third-order valence-corrected chi connectivity index (χ3v) is 4.02. The topological polar surface area (TPSA) is 67.4 Å². The lowest BCUT2D eigenvalue weighted by Crippen LogP contribution is -2.09. The van der Waals surface area contributed by atoms with Gasteiger partial charge in [-0.1, -0.05) is 12.1 Å². The molecular formula is C14H9BrClN5. The first kappa shape index (κ1) is 14.0. The van der Waals surface area contributed by atoms with Crippen LogP contribution in [0.5, 0.6) is 0 Å². The van der Waals surface area contributed by atoms with E-state index in [1.54, 1.807) is 0 Å². The van der Waals surface area contributed by atoms with Gasteiger partial charge in [-0.3, -0.25) is 0 Å². The second kappa shape index (κ2) is 5.43. The lowest BCUT2D eigenvalue weighted by Gasteiger charge is -2.10. The minimum Gasteiger partial charge on any atom is -0.330 e. The van der Waals surface area contributed by atoms with Gasteiger partial charge in [-0.2, -0.15) is 5.26 Å².